The van der Waals surface area contributed by atoms with Crippen molar-refractivity contribution in [3.63, 3.8) is 0 Å². The monoisotopic (exact) mass is 432 g/mol. The molecule has 0 aliphatic heterocycles. The predicted octanol–water partition coefficient (Wildman–Crippen LogP) is 5.00. The zero-order valence-electron chi connectivity index (χ0n) is 18.5. The van der Waals surface area contributed by atoms with Crippen molar-refractivity contribution in [3.05, 3.63) is 54.2 Å². The number of oxime groups is 1. The van der Waals surface area contributed by atoms with Gasteiger partial charge in [0.25, 0.3) is 0 Å². The Morgan fingerprint density at radius 3 is 2.75 bits per heavy atom. The van der Waals surface area contributed by atoms with Gasteiger partial charge in [-0.1, -0.05) is 55.6 Å². The second kappa shape index (κ2) is 9.86. The number of esters is 1. The van der Waals surface area contributed by atoms with Crippen LogP contribution in [0.1, 0.15) is 38.8 Å². The number of rotatable bonds is 8. The molecule has 1 heterocycles. The molecule has 1 aromatic heterocycles. The Morgan fingerprint density at radius 2 is 2.00 bits per heavy atom. The van der Waals surface area contributed by atoms with Crippen molar-refractivity contribution in [1.82, 2.24) is 4.98 Å². The molecule has 0 bridgehead atoms. The van der Waals surface area contributed by atoms with E-state index >= 15 is 0 Å². The van der Waals surface area contributed by atoms with Crippen molar-refractivity contribution in [2.24, 2.45) is 28.3 Å². The molecular formula is C26H28N2O4. The minimum atomic E-state index is -0.327. The maximum absolute atomic E-state index is 12.4. The Labute approximate surface area is 189 Å². The van der Waals surface area contributed by atoms with E-state index in [0.29, 0.717) is 24.8 Å². The third-order valence-electron chi connectivity index (χ3n) is 6.24. The normalized spacial score (nSPS) is 21.2. The maximum atomic E-state index is 12.4. The van der Waals surface area contributed by atoms with Crippen LogP contribution in [0, 0.1) is 35.2 Å². The highest BCUT2D eigenvalue weighted by Gasteiger charge is 2.62. The van der Waals surface area contributed by atoms with Gasteiger partial charge < -0.3 is 14.3 Å². The molecule has 1 aromatic carbocycles. The fraction of sp³-hybridized carbons (Fsp3) is 0.423. The van der Waals surface area contributed by atoms with Gasteiger partial charge in [-0.15, -0.1) is 0 Å². The van der Waals surface area contributed by atoms with Crippen LogP contribution in [0.15, 0.2) is 53.7 Å². The number of nitrogens with zero attached hydrogens (tertiary/aromatic N) is 2. The van der Waals surface area contributed by atoms with E-state index in [1.54, 1.807) is 12.3 Å². The summed E-state index contributed by atoms with van der Waals surface area (Å²) in [7, 11) is 0. The molecule has 32 heavy (non-hydrogen) atoms. The molecule has 2 aliphatic carbocycles. The van der Waals surface area contributed by atoms with Crippen LogP contribution in [0.5, 0.6) is 11.6 Å². The lowest BCUT2D eigenvalue weighted by atomic mass is 9.86. The summed E-state index contributed by atoms with van der Waals surface area (Å²) in [5, 5.41) is 4.07. The van der Waals surface area contributed by atoms with Gasteiger partial charge in [0.1, 0.15) is 18.5 Å². The van der Waals surface area contributed by atoms with E-state index in [4.69, 9.17) is 14.3 Å². The predicted molar refractivity (Wildman–Crippen MR) is 121 cm³/mol. The molecule has 2 fully saturated rings. The van der Waals surface area contributed by atoms with Crippen molar-refractivity contribution in [3.8, 4) is 23.7 Å². The van der Waals surface area contributed by atoms with Gasteiger partial charge in [0.15, 0.2) is 0 Å². The average molecular weight is 433 g/mol. The lowest BCUT2D eigenvalue weighted by Crippen LogP contribution is -2.16. The summed E-state index contributed by atoms with van der Waals surface area (Å²) in [5.74, 6) is 4.13. The summed E-state index contributed by atoms with van der Waals surface area (Å²) in [5.41, 5.74) is 0.537. The minimum Gasteiger partial charge on any atom is -0.439 e. The number of carbonyl (C=O) groups is 1. The molecular weight excluding hydrogens is 404 g/mol. The van der Waals surface area contributed by atoms with Crippen LogP contribution in [0.3, 0.4) is 0 Å². The number of hydrogen-bond donors (Lipinski definition) is 0. The smallest absolute Gasteiger partial charge is 0.324 e. The second-order valence-electron chi connectivity index (χ2n) is 8.93. The Kier molecular flexibility index (Phi) is 6.75. The van der Waals surface area contributed by atoms with Crippen LogP contribution in [0.25, 0.3) is 0 Å². The highest BCUT2D eigenvalue weighted by atomic mass is 16.6. The van der Waals surface area contributed by atoms with Gasteiger partial charge in [-0.25, -0.2) is 4.98 Å². The molecule has 2 saturated carbocycles. The molecule has 0 saturated heterocycles. The maximum Gasteiger partial charge on any atom is 0.324 e. The van der Waals surface area contributed by atoms with Gasteiger partial charge in [0.05, 0.1) is 18.0 Å². The van der Waals surface area contributed by atoms with Gasteiger partial charge in [0.2, 0.25) is 5.88 Å². The molecule has 0 amide bonds. The molecule has 2 unspecified atom stereocenters. The number of pyridine rings is 1. The van der Waals surface area contributed by atoms with E-state index < -0.39 is 0 Å². The summed E-state index contributed by atoms with van der Waals surface area (Å²) in [4.78, 5) is 22.2. The number of carbonyl (C=O) groups excluding carboxylic acids is 1. The standard InChI is InChI=1S/C26H28N2O4/c1-26(2)22(17-27-31-18-19-9-6-10-19)24(26)25(29)30-16-8-12-20-11-7-15-23(28-20)32-21-13-4-3-5-14-21/h3-5,7,11,13-15,17,19,22,24H,6,9-10,12,18H2,1-2H3/b27-17+. The van der Waals surface area contributed by atoms with Crippen molar-refractivity contribution in [2.45, 2.75) is 39.5 Å². The van der Waals surface area contributed by atoms with Crippen LogP contribution in [-0.2, 0) is 20.8 Å². The van der Waals surface area contributed by atoms with Gasteiger partial charge >= 0.3 is 5.97 Å². The van der Waals surface area contributed by atoms with Crippen LogP contribution in [0.4, 0.5) is 0 Å². The lowest BCUT2D eigenvalue weighted by Gasteiger charge is -2.23. The number of benzene rings is 1. The molecule has 2 aliphatic rings. The molecule has 0 radical (unpaired) electrons. The zero-order chi connectivity index (χ0) is 22.4. The molecule has 2 atom stereocenters. The molecule has 0 spiro atoms. The lowest BCUT2D eigenvalue weighted by molar-refractivity contribution is -0.139. The van der Waals surface area contributed by atoms with E-state index in [1.165, 1.54) is 19.3 Å². The summed E-state index contributed by atoms with van der Waals surface area (Å²) >= 11 is 0. The third kappa shape index (κ3) is 5.47. The molecule has 2 aromatic rings. The summed E-state index contributed by atoms with van der Waals surface area (Å²) in [6.07, 6.45) is 8.34. The SMILES string of the molecule is CC1(C)C(/C=N/OCC2CCC2)C1C(=O)OC#CCc1cccc(Oc2ccccc2)n1. The first-order valence-electron chi connectivity index (χ1n) is 11.1. The molecule has 4 rings (SSSR count). The second-order valence-corrected chi connectivity index (χ2v) is 8.93. The highest BCUT2D eigenvalue weighted by molar-refractivity contribution is 5.86. The van der Waals surface area contributed by atoms with Crippen LogP contribution >= 0.6 is 0 Å². The Balaban J connectivity index is 1.24. The first-order chi connectivity index (χ1) is 15.5. The van der Waals surface area contributed by atoms with Crippen LogP contribution < -0.4 is 4.74 Å². The Morgan fingerprint density at radius 1 is 1.19 bits per heavy atom. The number of aromatic nitrogens is 1. The van der Waals surface area contributed by atoms with E-state index in [0.717, 1.165) is 11.4 Å². The summed E-state index contributed by atoms with van der Waals surface area (Å²) in [6, 6.07) is 15.0. The fourth-order valence-electron chi connectivity index (χ4n) is 3.82. The van der Waals surface area contributed by atoms with Crippen LogP contribution in [-0.4, -0.2) is 23.8 Å². The zero-order valence-corrected chi connectivity index (χ0v) is 18.5. The van der Waals surface area contributed by atoms with Gasteiger partial charge in [-0.2, -0.15) is 0 Å². The van der Waals surface area contributed by atoms with Crippen molar-refractivity contribution in [1.29, 1.82) is 0 Å². The van der Waals surface area contributed by atoms with E-state index in [2.05, 4.69) is 22.2 Å². The molecule has 6 nitrogen and oxygen atoms in total. The van der Waals surface area contributed by atoms with Gasteiger partial charge in [-0.3, -0.25) is 4.79 Å². The van der Waals surface area contributed by atoms with E-state index in [1.807, 2.05) is 56.3 Å². The Hall–Kier alpha value is -3.33. The Bertz CT molecular complexity index is 1020. The minimum absolute atomic E-state index is 0.00618. The molecule has 6 heteroatoms. The first kappa shape index (κ1) is 21.9. The van der Waals surface area contributed by atoms with Crippen molar-refractivity contribution >= 4 is 12.2 Å². The van der Waals surface area contributed by atoms with E-state index in [9.17, 15) is 4.79 Å². The quantitative estimate of drug-likeness (QED) is 0.254. The number of ether oxygens (including phenoxy) is 2. The first-order valence-corrected chi connectivity index (χ1v) is 11.1. The summed E-state index contributed by atoms with van der Waals surface area (Å²) < 4.78 is 10.9. The van der Waals surface area contributed by atoms with Crippen molar-refractivity contribution < 1.29 is 19.1 Å². The summed E-state index contributed by atoms with van der Waals surface area (Å²) in [6.45, 7) is 4.71. The largest absolute Gasteiger partial charge is 0.439 e. The van der Waals surface area contributed by atoms with Gasteiger partial charge in [0, 0.05) is 18.2 Å². The van der Waals surface area contributed by atoms with Crippen LogP contribution in [0.2, 0.25) is 0 Å². The molecule has 0 N–H and O–H groups in total. The third-order valence-corrected chi connectivity index (χ3v) is 6.24. The topological polar surface area (TPSA) is 70.0 Å². The van der Waals surface area contributed by atoms with Gasteiger partial charge in [-0.05, 0) is 42.4 Å². The average Bonchev–Trinajstić information content (AvgIpc) is 3.31. The molecule has 166 valence electrons. The fourth-order valence-corrected chi connectivity index (χ4v) is 3.82. The highest BCUT2D eigenvalue weighted by Crippen LogP contribution is 2.57. The van der Waals surface area contributed by atoms with Crippen molar-refractivity contribution in [2.75, 3.05) is 6.61 Å². The van der Waals surface area contributed by atoms with E-state index in [-0.39, 0.29) is 23.2 Å². The number of hydrogen-bond acceptors (Lipinski definition) is 6. The number of para-hydroxylation sites is 1.